The van der Waals surface area contributed by atoms with E-state index in [1.807, 2.05) is 0 Å². The molecule has 0 aromatic heterocycles. The number of carbonyl (C=O) groups excluding carboxylic acids is 2. The molecule has 0 radical (unpaired) electrons. The predicted octanol–water partition coefficient (Wildman–Crippen LogP) is 1.51. The van der Waals surface area contributed by atoms with Gasteiger partial charge in [-0.25, -0.2) is 0 Å². The molecule has 0 aliphatic carbocycles. The van der Waals surface area contributed by atoms with Gasteiger partial charge in [-0.2, -0.15) is 0 Å². The summed E-state index contributed by atoms with van der Waals surface area (Å²) in [5, 5.41) is 12.0. The lowest BCUT2D eigenvalue weighted by Crippen LogP contribution is -2.35. The predicted molar refractivity (Wildman–Crippen MR) is 79.7 cm³/mol. The van der Waals surface area contributed by atoms with E-state index in [9.17, 15) is 19.5 Å². The lowest BCUT2D eigenvalue weighted by atomic mass is 9.90. The smallest absolute Gasteiger partial charge is 0.311 e. The molecule has 2 aliphatic rings. The fourth-order valence-electron chi connectivity index (χ4n) is 3.01. The maximum absolute atomic E-state index is 12.6. The number of rotatable bonds is 2. The van der Waals surface area contributed by atoms with Crippen LogP contribution in [0, 0.1) is 5.41 Å². The summed E-state index contributed by atoms with van der Waals surface area (Å²) in [5.41, 5.74) is 1.39. The van der Waals surface area contributed by atoms with Crippen LogP contribution in [0.2, 0.25) is 0 Å². The van der Waals surface area contributed by atoms with Gasteiger partial charge in [-0.05, 0) is 43.5 Å². The van der Waals surface area contributed by atoms with Crippen molar-refractivity contribution in [3.63, 3.8) is 0 Å². The van der Waals surface area contributed by atoms with Crippen LogP contribution < -0.4 is 5.32 Å². The van der Waals surface area contributed by atoms with Crippen molar-refractivity contribution < 1.29 is 19.5 Å². The first kappa shape index (κ1) is 14.6. The Bertz CT molecular complexity index is 670. The molecule has 0 saturated carbocycles. The van der Waals surface area contributed by atoms with Gasteiger partial charge in [0.25, 0.3) is 5.91 Å². The van der Waals surface area contributed by atoms with Crippen molar-refractivity contribution in [2.75, 3.05) is 18.4 Å². The molecule has 3 rings (SSSR count). The zero-order valence-corrected chi connectivity index (χ0v) is 12.4. The monoisotopic (exact) mass is 302 g/mol. The van der Waals surface area contributed by atoms with Crippen molar-refractivity contribution in [2.45, 2.75) is 26.2 Å². The van der Waals surface area contributed by atoms with Gasteiger partial charge in [0.2, 0.25) is 5.91 Å². The highest BCUT2D eigenvalue weighted by Gasteiger charge is 2.42. The highest BCUT2D eigenvalue weighted by Crippen LogP contribution is 2.32. The van der Waals surface area contributed by atoms with Gasteiger partial charge in [0, 0.05) is 30.8 Å². The Morgan fingerprint density at radius 3 is 2.77 bits per heavy atom. The normalized spacial score (nSPS) is 23.9. The molecule has 6 heteroatoms. The van der Waals surface area contributed by atoms with Gasteiger partial charge in [-0.1, -0.05) is 0 Å². The Kier molecular flexibility index (Phi) is 3.39. The van der Waals surface area contributed by atoms with Crippen molar-refractivity contribution in [2.24, 2.45) is 5.41 Å². The molecule has 2 N–H and O–H groups in total. The number of amides is 2. The van der Waals surface area contributed by atoms with Gasteiger partial charge >= 0.3 is 5.97 Å². The summed E-state index contributed by atoms with van der Waals surface area (Å²) in [4.78, 5) is 36.8. The first-order valence-corrected chi connectivity index (χ1v) is 7.34. The zero-order chi connectivity index (χ0) is 15.9. The summed E-state index contributed by atoms with van der Waals surface area (Å²) >= 11 is 0. The molecule has 2 amide bonds. The van der Waals surface area contributed by atoms with Crippen molar-refractivity contribution >= 4 is 23.5 Å². The second-order valence-electron chi connectivity index (χ2n) is 6.26. The van der Waals surface area contributed by atoms with E-state index in [0.29, 0.717) is 31.4 Å². The van der Waals surface area contributed by atoms with E-state index in [4.69, 9.17) is 0 Å². The first-order chi connectivity index (χ1) is 10.4. The Morgan fingerprint density at radius 2 is 2.09 bits per heavy atom. The molecule has 2 heterocycles. The summed E-state index contributed by atoms with van der Waals surface area (Å²) in [6.45, 7) is 2.36. The Hall–Kier alpha value is -2.37. The average molecular weight is 302 g/mol. The van der Waals surface area contributed by atoms with Gasteiger partial charge < -0.3 is 15.3 Å². The minimum Gasteiger partial charge on any atom is -0.481 e. The number of nitrogens with zero attached hydrogens (tertiary/aromatic N) is 1. The summed E-state index contributed by atoms with van der Waals surface area (Å²) in [6, 6.07) is 5.23. The fraction of sp³-hybridized carbons (Fsp3) is 0.438. The second kappa shape index (κ2) is 5.12. The summed E-state index contributed by atoms with van der Waals surface area (Å²) < 4.78 is 0. The molecule has 1 aromatic carbocycles. The number of carbonyl (C=O) groups is 3. The lowest BCUT2D eigenvalue weighted by molar-refractivity contribution is -0.147. The highest BCUT2D eigenvalue weighted by atomic mass is 16.4. The van der Waals surface area contributed by atoms with Crippen LogP contribution in [0.15, 0.2) is 18.2 Å². The van der Waals surface area contributed by atoms with Crippen molar-refractivity contribution in [3.8, 4) is 0 Å². The molecule has 116 valence electrons. The van der Waals surface area contributed by atoms with Crippen LogP contribution in [-0.4, -0.2) is 40.9 Å². The maximum atomic E-state index is 12.6. The Balaban J connectivity index is 1.79. The number of anilines is 1. The van der Waals surface area contributed by atoms with Crippen LogP contribution in [-0.2, 0) is 16.0 Å². The molecule has 0 unspecified atom stereocenters. The van der Waals surface area contributed by atoms with Crippen molar-refractivity contribution in [1.29, 1.82) is 0 Å². The molecule has 1 saturated heterocycles. The first-order valence-electron chi connectivity index (χ1n) is 7.34. The fourth-order valence-corrected chi connectivity index (χ4v) is 3.01. The van der Waals surface area contributed by atoms with E-state index in [2.05, 4.69) is 5.32 Å². The molecule has 1 fully saturated rings. The van der Waals surface area contributed by atoms with E-state index in [1.54, 1.807) is 30.0 Å². The summed E-state index contributed by atoms with van der Waals surface area (Å²) in [6.07, 6.45) is 1.51. The van der Waals surface area contributed by atoms with Crippen LogP contribution in [0.25, 0.3) is 0 Å². The summed E-state index contributed by atoms with van der Waals surface area (Å²) in [7, 11) is 0. The minimum absolute atomic E-state index is 0.0108. The molecule has 1 atom stereocenters. The third-order valence-corrected chi connectivity index (χ3v) is 4.52. The third-order valence-electron chi connectivity index (χ3n) is 4.52. The second-order valence-corrected chi connectivity index (χ2v) is 6.26. The van der Waals surface area contributed by atoms with Gasteiger partial charge in [0.05, 0.1) is 5.41 Å². The number of nitrogens with one attached hydrogen (secondary N) is 1. The average Bonchev–Trinajstić information content (AvgIpc) is 2.90. The molecule has 22 heavy (non-hydrogen) atoms. The Morgan fingerprint density at radius 1 is 1.32 bits per heavy atom. The number of benzene rings is 1. The quantitative estimate of drug-likeness (QED) is 0.867. The van der Waals surface area contributed by atoms with Crippen LogP contribution in [0.1, 0.15) is 35.7 Å². The number of hydrogen-bond donors (Lipinski definition) is 2. The third kappa shape index (κ3) is 2.45. The molecule has 6 nitrogen and oxygen atoms in total. The lowest BCUT2D eigenvalue weighted by Gasteiger charge is -2.22. The SMILES string of the molecule is C[C@@]1(C(=O)O)CCN(C(=O)c2ccc3c(c2)CCC(=O)N3)C1. The number of fused-ring (bicyclic) bond motifs is 1. The van der Waals surface area contributed by atoms with Gasteiger partial charge in [0.1, 0.15) is 0 Å². The van der Waals surface area contributed by atoms with E-state index < -0.39 is 11.4 Å². The van der Waals surface area contributed by atoms with E-state index in [0.717, 1.165) is 11.3 Å². The standard InChI is InChI=1S/C16H18N2O4/c1-16(15(21)22)6-7-18(9-16)14(20)11-2-4-12-10(8-11)3-5-13(19)17-12/h2,4,8H,3,5-7,9H2,1H3,(H,17,19)(H,21,22)/t16-/m1/s1. The molecule has 0 bridgehead atoms. The van der Waals surface area contributed by atoms with Gasteiger partial charge in [-0.3, -0.25) is 14.4 Å². The van der Waals surface area contributed by atoms with Crippen LogP contribution >= 0.6 is 0 Å². The van der Waals surface area contributed by atoms with E-state index in [-0.39, 0.29) is 18.4 Å². The van der Waals surface area contributed by atoms with E-state index >= 15 is 0 Å². The minimum atomic E-state index is -0.865. The number of carboxylic acids is 1. The van der Waals surface area contributed by atoms with E-state index in [1.165, 1.54) is 0 Å². The largest absolute Gasteiger partial charge is 0.481 e. The van der Waals surface area contributed by atoms with Gasteiger partial charge in [0.15, 0.2) is 0 Å². The number of hydrogen-bond acceptors (Lipinski definition) is 3. The molecular formula is C16H18N2O4. The zero-order valence-electron chi connectivity index (χ0n) is 12.4. The topological polar surface area (TPSA) is 86.7 Å². The number of carboxylic acid groups (broad SMARTS) is 1. The number of aryl methyl sites for hydroxylation is 1. The van der Waals surface area contributed by atoms with Gasteiger partial charge in [-0.15, -0.1) is 0 Å². The van der Waals surface area contributed by atoms with Crippen LogP contribution in [0.3, 0.4) is 0 Å². The van der Waals surface area contributed by atoms with Crippen molar-refractivity contribution in [3.05, 3.63) is 29.3 Å². The molecular weight excluding hydrogens is 284 g/mol. The van der Waals surface area contributed by atoms with Crippen LogP contribution in [0.4, 0.5) is 5.69 Å². The van der Waals surface area contributed by atoms with Crippen molar-refractivity contribution in [1.82, 2.24) is 4.90 Å². The maximum Gasteiger partial charge on any atom is 0.311 e. The highest BCUT2D eigenvalue weighted by molar-refractivity contribution is 5.98. The number of likely N-dealkylation sites (tertiary alicyclic amines) is 1. The molecule has 0 spiro atoms. The van der Waals surface area contributed by atoms with Crippen LogP contribution in [0.5, 0.6) is 0 Å². The summed E-state index contributed by atoms with van der Waals surface area (Å²) in [5.74, 6) is -1.02. The number of aliphatic carboxylic acids is 1. The Labute approximate surface area is 128 Å². The molecule has 1 aromatic rings. The molecule has 2 aliphatic heterocycles.